The van der Waals surface area contributed by atoms with Crippen LogP contribution in [-0.4, -0.2) is 23.3 Å². The Morgan fingerprint density at radius 1 is 1.35 bits per heavy atom. The average molecular weight is 313 g/mol. The van der Waals surface area contributed by atoms with Crippen LogP contribution in [0.15, 0.2) is 52.5 Å². The lowest BCUT2D eigenvalue weighted by Gasteiger charge is -2.04. The van der Waals surface area contributed by atoms with Crippen molar-refractivity contribution in [2.45, 2.75) is 13.3 Å². The van der Waals surface area contributed by atoms with Gasteiger partial charge in [0.05, 0.1) is 12.8 Å². The predicted molar refractivity (Wildman–Crippen MR) is 89.0 cm³/mol. The summed E-state index contributed by atoms with van der Waals surface area (Å²) >= 11 is 0. The van der Waals surface area contributed by atoms with Crippen molar-refractivity contribution < 1.29 is 9.53 Å². The van der Waals surface area contributed by atoms with E-state index in [2.05, 4.69) is 10.5 Å². The zero-order valence-corrected chi connectivity index (χ0v) is 13.2. The Kier molecular flexibility index (Phi) is 5.68. The van der Waals surface area contributed by atoms with Crippen molar-refractivity contribution in [2.75, 3.05) is 6.61 Å². The Balaban J connectivity index is 2.02. The van der Waals surface area contributed by atoms with Crippen molar-refractivity contribution in [1.82, 2.24) is 9.99 Å². The lowest BCUT2D eigenvalue weighted by atomic mass is 10.2. The van der Waals surface area contributed by atoms with Gasteiger partial charge in [-0.3, -0.25) is 9.59 Å². The van der Waals surface area contributed by atoms with Gasteiger partial charge in [0.1, 0.15) is 11.3 Å². The maximum Gasteiger partial charge on any atom is 0.276 e. The SMILES string of the molecule is CCCOc1cccc(/C=N\NC(=O)c2cccn(C)c2=O)c1. The Morgan fingerprint density at radius 2 is 2.17 bits per heavy atom. The third-order valence-electron chi connectivity index (χ3n) is 3.08. The molecule has 0 aliphatic heterocycles. The first kappa shape index (κ1) is 16.5. The third kappa shape index (κ3) is 4.54. The maximum atomic E-state index is 12.0. The summed E-state index contributed by atoms with van der Waals surface area (Å²) in [6.45, 7) is 2.68. The van der Waals surface area contributed by atoms with Gasteiger partial charge in [-0.05, 0) is 36.2 Å². The molecule has 0 atom stereocenters. The quantitative estimate of drug-likeness (QED) is 0.654. The largest absolute Gasteiger partial charge is 0.494 e. The summed E-state index contributed by atoms with van der Waals surface area (Å²) in [4.78, 5) is 23.8. The Morgan fingerprint density at radius 3 is 2.96 bits per heavy atom. The van der Waals surface area contributed by atoms with E-state index in [-0.39, 0.29) is 11.1 Å². The molecular weight excluding hydrogens is 294 g/mol. The number of carbonyl (C=O) groups is 1. The van der Waals surface area contributed by atoms with E-state index >= 15 is 0 Å². The summed E-state index contributed by atoms with van der Waals surface area (Å²) in [5, 5.41) is 3.88. The van der Waals surface area contributed by atoms with Crippen molar-refractivity contribution >= 4 is 12.1 Å². The minimum absolute atomic E-state index is 0.0483. The molecule has 0 saturated heterocycles. The van der Waals surface area contributed by atoms with E-state index < -0.39 is 5.91 Å². The summed E-state index contributed by atoms with van der Waals surface area (Å²) in [7, 11) is 1.59. The number of rotatable bonds is 6. The molecule has 0 fully saturated rings. The number of pyridine rings is 1. The van der Waals surface area contributed by atoms with E-state index in [1.807, 2.05) is 31.2 Å². The number of nitrogens with one attached hydrogen (secondary N) is 1. The molecule has 0 saturated carbocycles. The lowest BCUT2D eigenvalue weighted by Crippen LogP contribution is -2.29. The second-order valence-corrected chi connectivity index (χ2v) is 4.96. The van der Waals surface area contributed by atoms with Crippen molar-refractivity contribution in [2.24, 2.45) is 12.1 Å². The smallest absolute Gasteiger partial charge is 0.276 e. The molecule has 2 aromatic rings. The highest BCUT2D eigenvalue weighted by molar-refractivity contribution is 5.94. The summed E-state index contributed by atoms with van der Waals surface area (Å²) < 4.78 is 6.87. The van der Waals surface area contributed by atoms with Crippen LogP contribution in [0, 0.1) is 0 Å². The van der Waals surface area contributed by atoms with E-state index in [9.17, 15) is 9.59 Å². The van der Waals surface area contributed by atoms with E-state index in [1.54, 1.807) is 19.3 Å². The molecule has 0 aliphatic rings. The fraction of sp³-hybridized carbons (Fsp3) is 0.235. The molecule has 6 nitrogen and oxygen atoms in total. The second kappa shape index (κ2) is 7.93. The summed E-state index contributed by atoms with van der Waals surface area (Å²) in [6.07, 6.45) is 4.02. The number of hydrogen-bond donors (Lipinski definition) is 1. The molecule has 0 spiro atoms. The molecule has 2 rings (SSSR count). The predicted octanol–water partition coefficient (Wildman–Crippen LogP) is 1.94. The number of aromatic nitrogens is 1. The number of ether oxygens (including phenoxy) is 1. The van der Waals surface area contributed by atoms with Crippen LogP contribution >= 0.6 is 0 Å². The van der Waals surface area contributed by atoms with Crippen molar-refractivity contribution in [3.63, 3.8) is 0 Å². The number of carbonyl (C=O) groups excluding carboxylic acids is 1. The van der Waals surface area contributed by atoms with E-state index in [4.69, 9.17) is 4.74 Å². The summed E-state index contributed by atoms with van der Waals surface area (Å²) in [5.41, 5.74) is 2.83. The number of hydrazone groups is 1. The van der Waals surface area contributed by atoms with Gasteiger partial charge in [-0.1, -0.05) is 19.1 Å². The molecular formula is C17H19N3O3. The molecule has 1 aromatic heterocycles. The molecule has 0 bridgehead atoms. The van der Waals surface area contributed by atoms with Crippen LogP contribution in [0.2, 0.25) is 0 Å². The topological polar surface area (TPSA) is 72.7 Å². The van der Waals surface area contributed by atoms with Crippen LogP contribution in [-0.2, 0) is 7.05 Å². The molecule has 0 unspecified atom stereocenters. The molecule has 23 heavy (non-hydrogen) atoms. The van der Waals surface area contributed by atoms with Crippen molar-refractivity contribution in [3.8, 4) is 5.75 Å². The van der Waals surface area contributed by atoms with Gasteiger partial charge >= 0.3 is 0 Å². The number of benzene rings is 1. The number of hydrogen-bond acceptors (Lipinski definition) is 4. The molecule has 1 heterocycles. The third-order valence-corrected chi connectivity index (χ3v) is 3.08. The normalized spacial score (nSPS) is 10.7. The minimum atomic E-state index is -0.541. The molecule has 0 radical (unpaired) electrons. The zero-order chi connectivity index (χ0) is 16.7. The molecule has 1 amide bonds. The van der Waals surface area contributed by atoms with Gasteiger partial charge in [-0.2, -0.15) is 5.10 Å². The molecule has 120 valence electrons. The summed E-state index contributed by atoms with van der Waals surface area (Å²) in [6, 6.07) is 10.5. The van der Waals surface area contributed by atoms with Crippen LogP contribution in [0.5, 0.6) is 5.75 Å². The highest BCUT2D eigenvalue weighted by Gasteiger charge is 2.09. The highest BCUT2D eigenvalue weighted by atomic mass is 16.5. The molecule has 1 aromatic carbocycles. The van der Waals surface area contributed by atoms with Crippen LogP contribution in [0.4, 0.5) is 0 Å². The van der Waals surface area contributed by atoms with Crippen molar-refractivity contribution in [3.05, 3.63) is 64.1 Å². The monoisotopic (exact) mass is 313 g/mol. The molecule has 1 N–H and O–H groups in total. The first-order chi connectivity index (χ1) is 11.1. The average Bonchev–Trinajstić information content (AvgIpc) is 2.55. The van der Waals surface area contributed by atoms with Gasteiger partial charge in [-0.25, -0.2) is 5.43 Å². The Labute approximate surface area is 134 Å². The van der Waals surface area contributed by atoms with Crippen LogP contribution in [0.3, 0.4) is 0 Å². The minimum Gasteiger partial charge on any atom is -0.494 e. The molecule has 6 heteroatoms. The van der Waals surface area contributed by atoms with E-state index in [0.717, 1.165) is 17.7 Å². The molecule has 0 aliphatic carbocycles. The first-order valence-electron chi connectivity index (χ1n) is 7.33. The van der Waals surface area contributed by atoms with Crippen LogP contribution < -0.4 is 15.7 Å². The van der Waals surface area contributed by atoms with Gasteiger partial charge in [0.15, 0.2) is 0 Å². The Bertz CT molecular complexity index is 766. The van der Waals surface area contributed by atoms with Gasteiger partial charge in [0, 0.05) is 13.2 Å². The van der Waals surface area contributed by atoms with E-state index in [0.29, 0.717) is 6.61 Å². The zero-order valence-electron chi connectivity index (χ0n) is 13.2. The number of amides is 1. The van der Waals surface area contributed by atoms with E-state index in [1.165, 1.54) is 16.8 Å². The maximum absolute atomic E-state index is 12.0. The van der Waals surface area contributed by atoms with Gasteiger partial charge in [0.2, 0.25) is 0 Å². The van der Waals surface area contributed by atoms with Gasteiger partial charge in [0.25, 0.3) is 11.5 Å². The summed E-state index contributed by atoms with van der Waals surface area (Å²) in [5.74, 6) is 0.208. The highest BCUT2D eigenvalue weighted by Crippen LogP contribution is 2.12. The number of aryl methyl sites for hydroxylation is 1. The number of nitrogens with zero attached hydrogens (tertiary/aromatic N) is 2. The second-order valence-electron chi connectivity index (χ2n) is 4.96. The van der Waals surface area contributed by atoms with Crippen LogP contribution in [0.25, 0.3) is 0 Å². The van der Waals surface area contributed by atoms with Crippen molar-refractivity contribution in [1.29, 1.82) is 0 Å². The van der Waals surface area contributed by atoms with Crippen LogP contribution in [0.1, 0.15) is 29.3 Å². The lowest BCUT2D eigenvalue weighted by molar-refractivity contribution is 0.0953. The van der Waals surface area contributed by atoms with Gasteiger partial charge < -0.3 is 9.30 Å². The first-order valence-corrected chi connectivity index (χ1v) is 7.33. The fourth-order valence-corrected chi connectivity index (χ4v) is 1.90. The van der Waals surface area contributed by atoms with Gasteiger partial charge in [-0.15, -0.1) is 0 Å². The standard InChI is InChI=1S/C17H19N3O3/c1-3-10-23-14-7-4-6-13(11-14)12-18-19-16(21)15-8-5-9-20(2)17(15)22/h4-9,11-12H,3,10H2,1-2H3,(H,19,21)/b18-12-. The fourth-order valence-electron chi connectivity index (χ4n) is 1.90. The Hall–Kier alpha value is -2.89.